The van der Waals surface area contributed by atoms with Gasteiger partial charge >= 0.3 is 0 Å². The Labute approximate surface area is 131 Å². The van der Waals surface area contributed by atoms with E-state index in [0.29, 0.717) is 30.9 Å². The van der Waals surface area contributed by atoms with Crippen LogP contribution in [0.25, 0.3) is 0 Å². The molecule has 0 aliphatic heterocycles. The SMILES string of the molecule is CCc1ccccc1NC(=O)CCCOc1ccccc1N. The molecule has 22 heavy (non-hydrogen) atoms. The summed E-state index contributed by atoms with van der Waals surface area (Å²) < 4.78 is 5.58. The molecule has 4 heteroatoms. The lowest BCUT2D eigenvalue weighted by atomic mass is 10.1. The van der Waals surface area contributed by atoms with Gasteiger partial charge in [0.2, 0.25) is 5.91 Å². The number of anilines is 2. The summed E-state index contributed by atoms with van der Waals surface area (Å²) >= 11 is 0. The second-order valence-electron chi connectivity index (χ2n) is 5.05. The maximum Gasteiger partial charge on any atom is 0.224 e. The molecule has 0 heterocycles. The Morgan fingerprint density at radius 1 is 1.14 bits per heavy atom. The molecule has 1 amide bonds. The number of hydrogen-bond donors (Lipinski definition) is 2. The van der Waals surface area contributed by atoms with Crippen molar-refractivity contribution in [1.29, 1.82) is 0 Å². The molecular weight excluding hydrogens is 276 g/mol. The number of nitrogens with two attached hydrogens (primary N) is 1. The minimum absolute atomic E-state index is 0.00512. The summed E-state index contributed by atoms with van der Waals surface area (Å²) in [6, 6.07) is 15.2. The average Bonchev–Trinajstić information content (AvgIpc) is 2.53. The lowest BCUT2D eigenvalue weighted by molar-refractivity contribution is -0.116. The summed E-state index contributed by atoms with van der Waals surface area (Å²) in [6.45, 7) is 2.54. The van der Waals surface area contributed by atoms with Gasteiger partial charge in [-0.05, 0) is 36.6 Å². The zero-order chi connectivity index (χ0) is 15.8. The summed E-state index contributed by atoms with van der Waals surface area (Å²) in [6.07, 6.45) is 1.96. The van der Waals surface area contributed by atoms with Crippen LogP contribution >= 0.6 is 0 Å². The van der Waals surface area contributed by atoms with Crippen LogP contribution < -0.4 is 15.8 Å². The number of hydrogen-bond acceptors (Lipinski definition) is 3. The first-order chi connectivity index (χ1) is 10.7. The van der Waals surface area contributed by atoms with Crippen molar-refractivity contribution >= 4 is 17.3 Å². The van der Waals surface area contributed by atoms with Crippen molar-refractivity contribution in [3.63, 3.8) is 0 Å². The smallest absolute Gasteiger partial charge is 0.224 e. The van der Waals surface area contributed by atoms with Crippen molar-refractivity contribution in [2.75, 3.05) is 17.7 Å². The fourth-order valence-electron chi connectivity index (χ4n) is 2.19. The lowest BCUT2D eigenvalue weighted by Crippen LogP contribution is -2.14. The molecule has 3 N–H and O–H groups in total. The van der Waals surface area contributed by atoms with E-state index in [9.17, 15) is 4.79 Å². The van der Waals surface area contributed by atoms with E-state index in [0.717, 1.165) is 17.7 Å². The minimum Gasteiger partial charge on any atom is -0.491 e. The van der Waals surface area contributed by atoms with Gasteiger partial charge < -0.3 is 15.8 Å². The van der Waals surface area contributed by atoms with Gasteiger partial charge in [0.05, 0.1) is 12.3 Å². The Hall–Kier alpha value is -2.49. The van der Waals surface area contributed by atoms with Crippen molar-refractivity contribution in [2.45, 2.75) is 26.2 Å². The summed E-state index contributed by atoms with van der Waals surface area (Å²) in [4.78, 5) is 12.0. The number of para-hydroxylation sites is 3. The van der Waals surface area contributed by atoms with Crippen LogP contribution in [-0.2, 0) is 11.2 Å². The minimum atomic E-state index is 0.00512. The highest BCUT2D eigenvalue weighted by atomic mass is 16.5. The van der Waals surface area contributed by atoms with Gasteiger partial charge in [-0.3, -0.25) is 4.79 Å². The molecule has 0 aliphatic carbocycles. The molecule has 2 rings (SSSR count). The maximum atomic E-state index is 12.0. The van der Waals surface area contributed by atoms with Crippen molar-refractivity contribution < 1.29 is 9.53 Å². The zero-order valence-electron chi connectivity index (χ0n) is 12.8. The van der Waals surface area contributed by atoms with Gasteiger partial charge in [0, 0.05) is 12.1 Å². The van der Waals surface area contributed by atoms with Crippen LogP contribution in [0.4, 0.5) is 11.4 Å². The quantitative estimate of drug-likeness (QED) is 0.606. The summed E-state index contributed by atoms with van der Waals surface area (Å²) in [7, 11) is 0. The number of aryl methyl sites for hydroxylation is 1. The second kappa shape index (κ2) is 8.08. The molecule has 0 aromatic heterocycles. The molecule has 0 radical (unpaired) electrons. The highest BCUT2D eigenvalue weighted by Crippen LogP contribution is 2.20. The van der Waals surface area contributed by atoms with Crippen LogP contribution in [0, 0.1) is 0 Å². The van der Waals surface area contributed by atoms with Crippen LogP contribution in [0.5, 0.6) is 5.75 Å². The number of carbonyl (C=O) groups excluding carboxylic acids is 1. The molecule has 0 saturated carbocycles. The number of ether oxygens (including phenoxy) is 1. The van der Waals surface area contributed by atoms with Gasteiger partial charge in [0.15, 0.2) is 0 Å². The van der Waals surface area contributed by atoms with Crippen LogP contribution in [0.1, 0.15) is 25.3 Å². The van der Waals surface area contributed by atoms with Crippen LogP contribution in [0.3, 0.4) is 0 Å². The summed E-state index contributed by atoms with van der Waals surface area (Å²) in [5.41, 5.74) is 8.44. The van der Waals surface area contributed by atoms with Gasteiger partial charge in [-0.1, -0.05) is 37.3 Å². The van der Waals surface area contributed by atoms with Crippen molar-refractivity contribution in [2.24, 2.45) is 0 Å². The first-order valence-electron chi connectivity index (χ1n) is 7.55. The Balaban J connectivity index is 1.75. The maximum absolute atomic E-state index is 12.0. The fraction of sp³-hybridized carbons (Fsp3) is 0.278. The molecule has 0 saturated heterocycles. The molecule has 4 nitrogen and oxygen atoms in total. The van der Waals surface area contributed by atoms with Crippen molar-refractivity contribution in [3.05, 3.63) is 54.1 Å². The summed E-state index contributed by atoms with van der Waals surface area (Å²) in [5, 5.41) is 2.95. The third-order valence-corrected chi connectivity index (χ3v) is 3.40. The van der Waals surface area contributed by atoms with E-state index in [1.165, 1.54) is 0 Å². The molecule has 0 unspecified atom stereocenters. The molecule has 116 valence electrons. The van der Waals surface area contributed by atoms with Gasteiger partial charge in [0.1, 0.15) is 5.75 Å². The third kappa shape index (κ3) is 4.52. The lowest BCUT2D eigenvalue weighted by Gasteiger charge is -2.10. The number of amides is 1. The number of benzene rings is 2. The highest BCUT2D eigenvalue weighted by Gasteiger charge is 2.06. The predicted octanol–water partition coefficient (Wildman–Crippen LogP) is 3.63. The highest BCUT2D eigenvalue weighted by molar-refractivity contribution is 5.91. The Bertz CT molecular complexity index is 626. The van der Waals surface area contributed by atoms with Gasteiger partial charge in [-0.2, -0.15) is 0 Å². The van der Waals surface area contributed by atoms with E-state index in [1.807, 2.05) is 42.5 Å². The molecule has 0 spiro atoms. The van der Waals surface area contributed by atoms with Crippen LogP contribution in [0.2, 0.25) is 0 Å². The van der Waals surface area contributed by atoms with Gasteiger partial charge in [0.25, 0.3) is 0 Å². The largest absolute Gasteiger partial charge is 0.491 e. The molecule has 0 aliphatic rings. The monoisotopic (exact) mass is 298 g/mol. The zero-order valence-corrected chi connectivity index (χ0v) is 12.8. The molecule has 2 aromatic carbocycles. The van der Waals surface area contributed by atoms with E-state index in [1.54, 1.807) is 6.07 Å². The first kappa shape index (κ1) is 15.9. The Morgan fingerprint density at radius 3 is 2.64 bits per heavy atom. The number of nitrogen functional groups attached to an aromatic ring is 1. The van der Waals surface area contributed by atoms with E-state index in [4.69, 9.17) is 10.5 Å². The molecule has 0 bridgehead atoms. The average molecular weight is 298 g/mol. The molecular formula is C18H22N2O2. The van der Waals surface area contributed by atoms with E-state index in [2.05, 4.69) is 12.2 Å². The standard InChI is InChI=1S/C18H22N2O2/c1-2-14-8-3-5-10-16(14)20-18(21)12-7-13-22-17-11-6-4-9-15(17)19/h3-6,8-11H,2,7,12-13,19H2,1H3,(H,20,21). The molecule has 0 fully saturated rings. The third-order valence-electron chi connectivity index (χ3n) is 3.40. The van der Waals surface area contributed by atoms with Gasteiger partial charge in [-0.15, -0.1) is 0 Å². The predicted molar refractivity (Wildman–Crippen MR) is 90.0 cm³/mol. The fourth-order valence-corrected chi connectivity index (χ4v) is 2.19. The van der Waals surface area contributed by atoms with Crippen molar-refractivity contribution in [3.8, 4) is 5.75 Å². The van der Waals surface area contributed by atoms with Crippen LogP contribution in [0.15, 0.2) is 48.5 Å². The van der Waals surface area contributed by atoms with Crippen molar-refractivity contribution in [1.82, 2.24) is 0 Å². The second-order valence-corrected chi connectivity index (χ2v) is 5.05. The van der Waals surface area contributed by atoms with E-state index < -0.39 is 0 Å². The topological polar surface area (TPSA) is 64.3 Å². The Morgan fingerprint density at radius 2 is 1.86 bits per heavy atom. The van der Waals surface area contributed by atoms with Crippen LogP contribution in [-0.4, -0.2) is 12.5 Å². The molecule has 2 aromatic rings. The number of nitrogens with one attached hydrogen (secondary N) is 1. The number of carbonyl (C=O) groups is 1. The van der Waals surface area contributed by atoms with E-state index in [-0.39, 0.29) is 5.91 Å². The Kier molecular flexibility index (Phi) is 5.83. The summed E-state index contributed by atoms with van der Waals surface area (Å²) in [5.74, 6) is 0.671. The first-order valence-corrected chi connectivity index (χ1v) is 7.55. The molecule has 0 atom stereocenters. The van der Waals surface area contributed by atoms with E-state index >= 15 is 0 Å². The normalized spacial score (nSPS) is 10.2. The number of rotatable bonds is 7. The van der Waals surface area contributed by atoms with Gasteiger partial charge in [-0.25, -0.2) is 0 Å².